The summed E-state index contributed by atoms with van der Waals surface area (Å²) in [6.45, 7) is 5.36. The first-order valence-electron chi connectivity index (χ1n) is 4.67. The molecular weight excluding hydrogens is 190 g/mol. The van der Waals surface area contributed by atoms with Crippen molar-refractivity contribution in [3.8, 4) is 6.07 Å². The number of nitrogens with zero attached hydrogens (tertiary/aromatic N) is 1. The summed E-state index contributed by atoms with van der Waals surface area (Å²) in [5.41, 5.74) is 2.01. The topological polar surface area (TPSA) is 61.1 Å². The lowest BCUT2D eigenvalue weighted by molar-refractivity contribution is -0.134. The fourth-order valence-electron chi connectivity index (χ4n) is 0.943. The van der Waals surface area contributed by atoms with E-state index in [4.69, 9.17) is 15.2 Å². The van der Waals surface area contributed by atoms with Crippen molar-refractivity contribution in [3.05, 3.63) is 35.4 Å². The van der Waals surface area contributed by atoms with Gasteiger partial charge in [-0.25, -0.2) is 0 Å². The number of carbonyl (C=O) groups is 1. The molecule has 0 fully saturated rings. The van der Waals surface area contributed by atoms with Gasteiger partial charge in [0.2, 0.25) is 0 Å². The molecule has 15 heavy (non-hydrogen) atoms. The maximum atomic E-state index is 9.00. The number of carboxylic acids is 1. The van der Waals surface area contributed by atoms with Crippen LogP contribution >= 0.6 is 0 Å². The minimum absolute atomic E-state index is 0.544. The van der Waals surface area contributed by atoms with Crippen LogP contribution in [0.4, 0.5) is 0 Å². The molecule has 0 saturated heterocycles. The van der Waals surface area contributed by atoms with Crippen LogP contribution in [0.3, 0.4) is 0 Å². The summed E-state index contributed by atoms with van der Waals surface area (Å²) >= 11 is 0. The van der Waals surface area contributed by atoms with Crippen molar-refractivity contribution < 1.29 is 9.90 Å². The van der Waals surface area contributed by atoms with Gasteiger partial charge in [0.05, 0.1) is 11.6 Å². The Morgan fingerprint density at radius 3 is 2.00 bits per heavy atom. The standard InChI is InChI=1S/C10H11N.C2H4O2/c1-8(2)10-5-3-9(7-11)4-6-10;1-2(3)4/h3-6,8H,1-2H3;1H3,(H,3,4). The number of rotatable bonds is 1. The summed E-state index contributed by atoms with van der Waals surface area (Å²) in [5, 5.41) is 15.9. The molecule has 0 aliphatic rings. The van der Waals surface area contributed by atoms with E-state index in [1.54, 1.807) is 0 Å². The Morgan fingerprint density at radius 1 is 1.33 bits per heavy atom. The van der Waals surface area contributed by atoms with Gasteiger partial charge < -0.3 is 5.11 Å². The first-order chi connectivity index (χ1) is 6.97. The number of hydrogen-bond donors (Lipinski definition) is 1. The van der Waals surface area contributed by atoms with Crippen LogP contribution in [0.15, 0.2) is 24.3 Å². The van der Waals surface area contributed by atoms with Crippen LogP contribution in [-0.4, -0.2) is 11.1 Å². The molecule has 3 nitrogen and oxygen atoms in total. The number of hydrogen-bond acceptors (Lipinski definition) is 2. The molecule has 0 bridgehead atoms. The molecule has 0 aliphatic heterocycles. The highest BCUT2D eigenvalue weighted by atomic mass is 16.4. The monoisotopic (exact) mass is 205 g/mol. The molecule has 0 saturated carbocycles. The molecule has 0 amide bonds. The highest BCUT2D eigenvalue weighted by molar-refractivity contribution is 5.62. The van der Waals surface area contributed by atoms with E-state index in [2.05, 4.69) is 19.9 Å². The Hall–Kier alpha value is -1.82. The Labute approximate surface area is 90.0 Å². The van der Waals surface area contributed by atoms with Gasteiger partial charge in [-0.05, 0) is 23.6 Å². The van der Waals surface area contributed by atoms with E-state index in [1.807, 2.05) is 24.3 Å². The fourth-order valence-corrected chi connectivity index (χ4v) is 0.943. The highest BCUT2D eigenvalue weighted by Gasteiger charge is 1.96. The predicted molar refractivity (Wildman–Crippen MR) is 58.6 cm³/mol. The summed E-state index contributed by atoms with van der Waals surface area (Å²) < 4.78 is 0. The quantitative estimate of drug-likeness (QED) is 0.766. The normalized spacial score (nSPS) is 8.73. The average Bonchev–Trinajstić information content (AvgIpc) is 2.17. The van der Waals surface area contributed by atoms with E-state index in [9.17, 15) is 0 Å². The fraction of sp³-hybridized carbons (Fsp3) is 0.333. The second-order valence-electron chi connectivity index (χ2n) is 3.41. The summed E-state index contributed by atoms with van der Waals surface area (Å²) in [6.07, 6.45) is 0. The Kier molecular flexibility index (Phi) is 5.81. The Balaban J connectivity index is 0.000000423. The van der Waals surface area contributed by atoms with E-state index in [0.29, 0.717) is 5.92 Å². The molecule has 0 unspecified atom stereocenters. The van der Waals surface area contributed by atoms with E-state index in [0.717, 1.165) is 12.5 Å². The Morgan fingerprint density at radius 2 is 1.73 bits per heavy atom. The van der Waals surface area contributed by atoms with Crippen molar-refractivity contribution in [2.24, 2.45) is 0 Å². The first kappa shape index (κ1) is 13.2. The minimum Gasteiger partial charge on any atom is -0.481 e. The molecule has 0 heterocycles. The molecule has 1 aromatic carbocycles. The van der Waals surface area contributed by atoms with Gasteiger partial charge >= 0.3 is 0 Å². The SMILES string of the molecule is CC(=O)O.CC(C)c1ccc(C#N)cc1. The molecular formula is C12H15NO2. The van der Waals surface area contributed by atoms with Crippen molar-refractivity contribution in [1.82, 2.24) is 0 Å². The lowest BCUT2D eigenvalue weighted by Gasteiger charge is -2.02. The van der Waals surface area contributed by atoms with Crippen LogP contribution in [-0.2, 0) is 4.79 Å². The van der Waals surface area contributed by atoms with Crippen LogP contribution in [0.1, 0.15) is 37.8 Å². The predicted octanol–water partition coefficient (Wildman–Crippen LogP) is 2.77. The second-order valence-corrected chi connectivity index (χ2v) is 3.41. The van der Waals surface area contributed by atoms with Crippen molar-refractivity contribution in [2.75, 3.05) is 0 Å². The van der Waals surface area contributed by atoms with Gasteiger partial charge in [-0.15, -0.1) is 0 Å². The molecule has 0 atom stereocenters. The van der Waals surface area contributed by atoms with Gasteiger partial charge in [-0.1, -0.05) is 26.0 Å². The van der Waals surface area contributed by atoms with Crippen molar-refractivity contribution >= 4 is 5.97 Å². The molecule has 1 aromatic rings. The van der Waals surface area contributed by atoms with E-state index >= 15 is 0 Å². The molecule has 0 aromatic heterocycles. The van der Waals surface area contributed by atoms with Gasteiger partial charge in [-0.2, -0.15) is 5.26 Å². The van der Waals surface area contributed by atoms with Gasteiger partial charge in [0.1, 0.15) is 0 Å². The zero-order valence-corrected chi connectivity index (χ0v) is 9.19. The van der Waals surface area contributed by atoms with Crippen LogP contribution < -0.4 is 0 Å². The zero-order valence-electron chi connectivity index (χ0n) is 9.19. The van der Waals surface area contributed by atoms with Crippen LogP contribution in [0, 0.1) is 11.3 Å². The van der Waals surface area contributed by atoms with E-state index in [-0.39, 0.29) is 0 Å². The summed E-state index contributed by atoms with van der Waals surface area (Å²) in [6, 6.07) is 9.81. The molecule has 1 rings (SSSR count). The maximum Gasteiger partial charge on any atom is 0.300 e. The van der Waals surface area contributed by atoms with Crippen molar-refractivity contribution in [3.63, 3.8) is 0 Å². The van der Waals surface area contributed by atoms with Crippen LogP contribution in [0.5, 0.6) is 0 Å². The first-order valence-corrected chi connectivity index (χ1v) is 4.67. The third-order valence-electron chi connectivity index (χ3n) is 1.71. The van der Waals surface area contributed by atoms with Gasteiger partial charge in [0.25, 0.3) is 5.97 Å². The summed E-state index contributed by atoms with van der Waals surface area (Å²) in [4.78, 5) is 9.00. The number of carboxylic acid groups (broad SMARTS) is 1. The smallest absolute Gasteiger partial charge is 0.300 e. The molecule has 80 valence electrons. The van der Waals surface area contributed by atoms with Crippen molar-refractivity contribution in [1.29, 1.82) is 5.26 Å². The maximum absolute atomic E-state index is 9.00. The third kappa shape index (κ3) is 6.28. The van der Waals surface area contributed by atoms with Gasteiger partial charge in [0, 0.05) is 6.92 Å². The molecule has 0 aliphatic carbocycles. The largest absolute Gasteiger partial charge is 0.481 e. The van der Waals surface area contributed by atoms with Crippen LogP contribution in [0.25, 0.3) is 0 Å². The second kappa shape index (κ2) is 6.61. The lowest BCUT2D eigenvalue weighted by atomic mass is 10.0. The number of benzene rings is 1. The molecule has 1 N–H and O–H groups in total. The number of aliphatic carboxylic acids is 1. The third-order valence-corrected chi connectivity index (χ3v) is 1.71. The minimum atomic E-state index is -0.833. The van der Waals surface area contributed by atoms with E-state index in [1.165, 1.54) is 5.56 Å². The van der Waals surface area contributed by atoms with Crippen LogP contribution in [0.2, 0.25) is 0 Å². The molecule has 0 radical (unpaired) electrons. The molecule has 3 heteroatoms. The lowest BCUT2D eigenvalue weighted by Crippen LogP contribution is -1.85. The number of nitriles is 1. The van der Waals surface area contributed by atoms with E-state index < -0.39 is 5.97 Å². The zero-order chi connectivity index (χ0) is 11.8. The highest BCUT2D eigenvalue weighted by Crippen LogP contribution is 2.13. The summed E-state index contributed by atoms with van der Waals surface area (Å²) in [7, 11) is 0. The Bertz CT molecular complexity index is 343. The van der Waals surface area contributed by atoms with Crippen molar-refractivity contribution in [2.45, 2.75) is 26.7 Å². The average molecular weight is 205 g/mol. The van der Waals surface area contributed by atoms with Gasteiger partial charge in [0.15, 0.2) is 0 Å². The van der Waals surface area contributed by atoms with Gasteiger partial charge in [-0.3, -0.25) is 4.79 Å². The summed E-state index contributed by atoms with van der Waals surface area (Å²) in [5.74, 6) is -0.289. The molecule has 0 spiro atoms.